The molecule has 0 bridgehead atoms. The van der Waals surface area contributed by atoms with Gasteiger partial charge in [-0.2, -0.15) is 19.6 Å². The normalized spacial score (nSPS) is 16.2. The van der Waals surface area contributed by atoms with Gasteiger partial charge in [0, 0.05) is 36.1 Å². The molecule has 1 saturated heterocycles. The summed E-state index contributed by atoms with van der Waals surface area (Å²) in [5.74, 6) is 0.920. The van der Waals surface area contributed by atoms with Gasteiger partial charge >= 0.3 is 0 Å². The van der Waals surface area contributed by atoms with Gasteiger partial charge in [-0.1, -0.05) is 19.6 Å². The van der Waals surface area contributed by atoms with Crippen LogP contribution in [0.5, 0.6) is 0 Å². The third-order valence-electron chi connectivity index (χ3n) is 5.73. The first-order chi connectivity index (χ1) is 15.6. The van der Waals surface area contributed by atoms with Crippen LogP contribution >= 0.6 is 0 Å². The Morgan fingerprint density at radius 3 is 2.94 bits per heavy atom. The molecule has 1 atom stereocenters. The van der Waals surface area contributed by atoms with Crippen LogP contribution in [-0.4, -0.2) is 49.8 Å². The van der Waals surface area contributed by atoms with Gasteiger partial charge in [-0.05, 0) is 56.4 Å². The van der Waals surface area contributed by atoms with Gasteiger partial charge in [0.15, 0.2) is 5.65 Å². The third-order valence-corrected chi connectivity index (χ3v) is 5.73. The molecule has 1 amide bonds. The molecule has 32 heavy (non-hydrogen) atoms. The average Bonchev–Trinajstić information content (AvgIpc) is 3.23. The summed E-state index contributed by atoms with van der Waals surface area (Å²) in [6, 6.07) is 7.60. The van der Waals surface area contributed by atoms with Crippen molar-refractivity contribution < 1.29 is 9.90 Å². The third kappa shape index (κ3) is 4.57. The molecule has 9 heteroatoms. The van der Waals surface area contributed by atoms with Crippen LogP contribution < -0.4 is 15.5 Å². The van der Waals surface area contributed by atoms with E-state index in [9.17, 15) is 9.90 Å². The summed E-state index contributed by atoms with van der Waals surface area (Å²) in [6.45, 7) is 6.57. The Bertz CT molecular complexity index is 1110. The quantitative estimate of drug-likeness (QED) is 0.466. The number of aryl methyl sites for hydroxylation is 1. The first-order valence-electron chi connectivity index (χ1n) is 11.1. The average molecular weight is 436 g/mol. The van der Waals surface area contributed by atoms with Crippen molar-refractivity contribution in [2.24, 2.45) is 0 Å². The van der Waals surface area contributed by atoms with Crippen LogP contribution in [0.4, 0.5) is 23.3 Å². The first kappa shape index (κ1) is 21.8. The number of rotatable bonds is 8. The van der Waals surface area contributed by atoms with Crippen molar-refractivity contribution in [3.8, 4) is 0 Å². The lowest BCUT2D eigenvalue weighted by Crippen LogP contribution is -2.41. The van der Waals surface area contributed by atoms with E-state index in [4.69, 9.17) is 9.97 Å². The number of anilines is 4. The van der Waals surface area contributed by atoms with Crippen molar-refractivity contribution in [3.05, 3.63) is 48.7 Å². The molecular weight excluding hydrogens is 406 g/mol. The van der Waals surface area contributed by atoms with E-state index in [1.54, 1.807) is 4.52 Å². The summed E-state index contributed by atoms with van der Waals surface area (Å²) >= 11 is 0. The number of aliphatic hydroxyl groups excluding tert-OH is 1. The standard InChI is InChI=1S/C23H29N7O2/c1-3-16-15-24-30-21(16)27-22(29-12-6-5-10-19(29)11-13-31)28-23(30)26-18-9-7-8-17(14-18)25-20(32)4-2/h4,7-9,14-15,19,31H,2-3,5-6,10-13H2,1H3,(H,25,32)(H,26,27,28). The van der Waals surface area contributed by atoms with E-state index < -0.39 is 0 Å². The van der Waals surface area contributed by atoms with Crippen molar-refractivity contribution in [1.82, 2.24) is 19.6 Å². The number of hydrogen-bond donors (Lipinski definition) is 3. The van der Waals surface area contributed by atoms with E-state index in [1.165, 1.54) is 6.08 Å². The maximum Gasteiger partial charge on any atom is 0.247 e. The van der Waals surface area contributed by atoms with E-state index >= 15 is 0 Å². The first-order valence-corrected chi connectivity index (χ1v) is 11.1. The number of benzene rings is 1. The summed E-state index contributed by atoms with van der Waals surface area (Å²) < 4.78 is 1.71. The number of amides is 1. The predicted octanol–water partition coefficient (Wildman–Crippen LogP) is 3.30. The molecule has 168 valence electrons. The van der Waals surface area contributed by atoms with E-state index in [1.807, 2.05) is 30.5 Å². The second kappa shape index (κ2) is 9.78. The maximum absolute atomic E-state index is 11.7. The molecule has 0 spiro atoms. The minimum atomic E-state index is -0.270. The number of hydrogen-bond acceptors (Lipinski definition) is 7. The SMILES string of the molecule is C=CC(=O)Nc1cccc(Nc2nc(N3CCCCC3CCO)nc3c(CC)cnn23)c1. The van der Waals surface area contributed by atoms with Crippen molar-refractivity contribution in [2.45, 2.75) is 45.1 Å². The highest BCUT2D eigenvalue weighted by molar-refractivity contribution is 5.99. The minimum Gasteiger partial charge on any atom is -0.396 e. The molecule has 0 aliphatic carbocycles. The van der Waals surface area contributed by atoms with Gasteiger partial charge in [-0.25, -0.2) is 0 Å². The molecule has 1 unspecified atom stereocenters. The molecule has 9 nitrogen and oxygen atoms in total. The molecule has 3 aromatic rings. The van der Waals surface area contributed by atoms with Crippen LogP contribution in [0, 0.1) is 0 Å². The highest BCUT2D eigenvalue weighted by Crippen LogP contribution is 2.27. The molecule has 1 fully saturated rings. The summed E-state index contributed by atoms with van der Waals surface area (Å²) in [5, 5.41) is 20.1. The molecule has 3 heterocycles. The van der Waals surface area contributed by atoms with Gasteiger partial charge in [0.1, 0.15) is 0 Å². The van der Waals surface area contributed by atoms with E-state index in [0.29, 0.717) is 24.0 Å². The second-order valence-corrected chi connectivity index (χ2v) is 7.86. The van der Waals surface area contributed by atoms with Crippen LogP contribution in [0.2, 0.25) is 0 Å². The van der Waals surface area contributed by atoms with Gasteiger partial charge in [-0.15, -0.1) is 0 Å². The van der Waals surface area contributed by atoms with Crippen molar-refractivity contribution in [3.63, 3.8) is 0 Å². The number of aliphatic hydroxyl groups is 1. The lowest BCUT2D eigenvalue weighted by molar-refractivity contribution is -0.111. The topological polar surface area (TPSA) is 108 Å². The molecule has 1 aromatic carbocycles. The Kier molecular flexibility index (Phi) is 6.65. The Balaban J connectivity index is 1.72. The highest BCUT2D eigenvalue weighted by atomic mass is 16.3. The summed E-state index contributed by atoms with van der Waals surface area (Å²) in [7, 11) is 0. The Hall–Kier alpha value is -3.46. The number of nitrogens with one attached hydrogen (secondary N) is 2. The Morgan fingerprint density at radius 1 is 1.31 bits per heavy atom. The van der Waals surface area contributed by atoms with Gasteiger partial charge in [0.2, 0.25) is 17.8 Å². The zero-order valence-electron chi connectivity index (χ0n) is 18.3. The van der Waals surface area contributed by atoms with Crippen LogP contribution in [0.1, 0.15) is 38.2 Å². The summed E-state index contributed by atoms with van der Waals surface area (Å²) in [4.78, 5) is 23.5. The molecule has 3 N–H and O–H groups in total. The largest absolute Gasteiger partial charge is 0.396 e. The van der Waals surface area contributed by atoms with Crippen LogP contribution in [-0.2, 0) is 11.2 Å². The Morgan fingerprint density at radius 2 is 2.16 bits per heavy atom. The predicted molar refractivity (Wildman–Crippen MR) is 125 cm³/mol. The zero-order valence-corrected chi connectivity index (χ0v) is 18.3. The molecular formula is C23H29N7O2. The van der Waals surface area contributed by atoms with Crippen molar-refractivity contribution in [2.75, 3.05) is 28.7 Å². The second-order valence-electron chi connectivity index (χ2n) is 7.86. The molecule has 1 aliphatic rings. The van der Waals surface area contributed by atoms with Crippen LogP contribution in [0.15, 0.2) is 43.1 Å². The molecule has 0 radical (unpaired) electrons. The fourth-order valence-corrected chi connectivity index (χ4v) is 4.08. The van der Waals surface area contributed by atoms with Crippen molar-refractivity contribution in [1.29, 1.82) is 0 Å². The fraction of sp³-hybridized carbons (Fsp3) is 0.391. The number of piperidine rings is 1. The molecule has 1 aliphatic heterocycles. The summed E-state index contributed by atoms with van der Waals surface area (Å²) in [5.41, 5.74) is 3.22. The number of carbonyl (C=O) groups is 1. The molecule has 2 aromatic heterocycles. The molecule has 0 saturated carbocycles. The van der Waals surface area contributed by atoms with Crippen molar-refractivity contribution >= 4 is 34.8 Å². The number of aromatic nitrogens is 4. The lowest BCUT2D eigenvalue weighted by Gasteiger charge is -2.35. The van der Waals surface area contributed by atoms with Gasteiger partial charge in [-0.3, -0.25) is 4.79 Å². The maximum atomic E-state index is 11.7. The van der Waals surface area contributed by atoms with Gasteiger partial charge in [0.05, 0.1) is 6.20 Å². The van der Waals surface area contributed by atoms with E-state index in [2.05, 4.69) is 34.1 Å². The Labute approximate surface area is 187 Å². The molecule has 4 rings (SSSR count). The fourth-order valence-electron chi connectivity index (χ4n) is 4.08. The summed E-state index contributed by atoms with van der Waals surface area (Å²) in [6.07, 6.45) is 7.79. The number of fused-ring (bicyclic) bond motifs is 1. The van der Waals surface area contributed by atoms with Gasteiger partial charge in [0.25, 0.3) is 0 Å². The van der Waals surface area contributed by atoms with E-state index in [-0.39, 0.29) is 18.6 Å². The van der Waals surface area contributed by atoms with Crippen LogP contribution in [0.3, 0.4) is 0 Å². The smallest absolute Gasteiger partial charge is 0.247 e. The van der Waals surface area contributed by atoms with E-state index in [0.717, 1.165) is 49.1 Å². The lowest BCUT2D eigenvalue weighted by atomic mass is 10.0. The number of carbonyl (C=O) groups excluding carboxylic acids is 1. The monoisotopic (exact) mass is 435 g/mol. The van der Waals surface area contributed by atoms with Gasteiger partial charge < -0.3 is 20.6 Å². The number of nitrogens with zero attached hydrogens (tertiary/aromatic N) is 5. The zero-order chi connectivity index (χ0) is 22.5. The highest BCUT2D eigenvalue weighted by Gasteiger charge is 2.26. The minimum absolute atomic E-state index is 0.143. The van der Waals surface area contributed by atoms with Crippen LogP contribution in [0.25, 0.3) is 5.65 Å².